The molecular weight excluding hydrogens is 118 g/mol. The number of piperidine rings is 1. The van der Waals surface area contributed by atoms with Crippen molar-refractivity contribution in [2.24, 2.45) is 0 Å². The number of hydrogen-bond acceptors (Lipinski definition) is 2. The van der Waals surface area contributed by atoms with Crippen LogP contribution in [-0.2, 0) is 0 Å². The van der Waals surface area contributed by atoms with Gasteiger partial charge in [-0.15, -0.1) is 0 Å². The fourth-order valence-electron chi connectivity index (χ4n) is 0.868. The lowest BCUT2D eigenvalue weighted by Gasteiger charge is -2.21. The maximum Gasteiger partial charge on any atom is 0.00239 e. The normalized spacial score (nSPS) is 23.9. The zero-order valence-electron chi connectivity index (χ0n) is 5.18. The number of hydrogen-bond donors (Lipinski definition) is 0. The lowest BCUT2D eigenvalue weighted by atomic mass is 10.1. The van der Waals surface area contributed by atoms with Crippen LogP contribution in [0.1, 0.15) is 12.8 Å². The summed E-state index contributed by atoms with van der Waals surface area (Å²) in [5.41, 5.74) is 0. The maximum atomic E-state index is 5.03. The molecule has 0 spiro atoms. The molecule has 1 rings (SSSR count). The minimum Gasteiger partial charge on any atom is -0.306 e. The highest BCUT2D eigenvalue weighted by Gasteiger charge is 2.07. The molecule has 0 aromatic heterocycles. The lowest BCUT2D eigenvalue weighted by Crippen LogP contribution is -2.29. The molecule has 0 atom stereocenters. The largest absolute Gasteiger partial charge is 0.306 e. The third-order valence-corrected chi connectivity index (χ3v) is 1.95. The Kier molecular flexibility index (Phi) is 1.97. The van der Waals surface area contributed by atoms with Crippen LogP contribution in [0.4, 0.5) is 0 Å². The predicted molar refractivity (Wildman–Crippen MR) is 39.3 cm³/mol. The first-order valence-corrected chi connectivity index (χ1v) is 3.40. The van der Waals surface area contributed by atoms with Gasteiger partial charge in [0.2, 0.25) is 0 Å². The quantitative estimate of drug-likeness (QED) is 0.450. The Labute approximate surface area is 55.7 Å². The molecule has 1 fully saturated rings. The van der Waals surface area contributed by atoms with Gasteiger partial charge in [0.1, 0.15) is 0 Å². The molecule has 0 unspecified atom stereocenters. The summed E-state index contributed by atoms with van der Waals surface area (Å²) in [7, 11) is 2.14. The van der Waals surface area contributed by atoms with Crippen LogP contribution in [0.5, 0.6) is 0 Å². The zero-order valence-corrected chi connectivity index (χ0v) is 6.00. The third kappa shape index (κ3) is 1.53. The number of thiocarbonyl (C=S) groups is 1. The van der Waals surface area contributed by atoms with Gasteiger partial charge in [-0.3, -0.25) is 0 Å². The van der Waals surface area contributed by atoms with E-state index in [2.05, 4.69) is 11.9 Å². The summed E-state index contributed by atoms with van der Waals surface area (Å²) >= 11 is 5.03. The average Bonchev–Trinajstić information content (AvgIpc) is 1.77. The molecule has 1 aliphatic rings. The van der Waals surface area contributed by atoms with Crippen LogP contribution in [0.25, 0.3) is 0 Å². The molecule has 0 radical (unpaired) electrons. The van der Waals surface area contributed by atoms with E-state index in [0.29, 0.717) is 0 Å². The summed E-state index contributed by atoms with van der Waals surface area (Å²) in [4.78, 5) is 3.57. The predicted octanol–water partition coefficient (Wildman–Crippen LogP) is 1.08. The Bertz CT molecular complexity index is 90.7. The van der Waals surface area contributed by atoms with Gasteiger partial charge in [-0.1, -0.05) is 12.2 Å². The van der Waals surface area contributed by atoms with Gasteiger partial charge in [-0.25, -0.2) is 0 Å². The van der Waals surface area contributed by atoms with Gasteiger partial charge in [-0.2, -0.15) is 0 Å². The van der Waals surface area contributed by atoms with Crippen molar-refractivity contribution in [1.29, 1.82) is 0 Å². The van der Waals surface area contributed by atoms with Crippen molar-refractivity contribution in [1.82, 2.24) is 4.90 Å². The molecule has 1 aliphatic heterocycles. The molecule has 8 heavy (non-hydrogen) atoms. The number of likely N-dealkylation sites (tertiary alicyclic amines) is 1. The van der Waals surface area contributed by atoms with Gasteiger partial charge in [0.15, 0.2) is 0 Å². The van der Waals surface area contributed by atoms with Crippen LogP contribution in [0, 0.1) is 0 Å². The highest BCUT2D eigenvalue weighted by atomic mass is 32.1. The van der Waals surface area contributed by atoms with E-state index in [1.54, 1.807) is 0 Å². The molecule has 0 amide bonds. The van der Waals surface area contributed by atoms with Crippen molar-refractivity contribution in [2.75, 3.05) is 20.1 Å². The standard InChI is InChI=1S/C6H11NS/c1-7-4-2-6(8)3-5-7/h2-5H2,1H3. The van der Waals surface area contributed by atoms with Gasteiger partial charge >= 0.3 is 0 Å². The smallest absolute Gasteiger partial charge is 0.00239 e. The second kappa shape index (κ2) is 2.55. The Morgan fingerprint density at radius 3 is 2.25 bits per heavy atom. The molecular formula is C6H11NS. The van der Waals surface area contributed by atoms with E-state index in [0.717, 1.165) is 12.8 Å². The molecule has 1 nitrogen and oxygen atoms in total. The summed E-state index contributed by atoms with van der Waals surface area (Å²) < 4.78 is 0. The molecule has 0 aliphatic carbocycles. The van der Waals surface area contributed by atoms with Crippen molar-refractivity contribution >= 4 is 17.1 Å². The first-order valence-electron chi connectivity index (χ1n) is 2.99. The van der Waals surface area contributed by atoms with Crippen molar-refractivity contribution in [3.63, 3.8) is 0 Å². The minimum absolute atomic E-state index is 1.13. The molecule has 0 N–H and O–H groups in total. The Morgan fingerprint density at radius 2 is 1.88 bits per heavy atom. The summed E-state index contributed by atoms with van der Waals surface area (Å²) in [6, 6.07) is 0. The summed E-state index contributed by atoms with van der Waals surface area (Å²) in [5, 5.41) is 0. The van der Waals surface area contributed by atoms with Crippen LogP contribution < -0.4 is 0 Å². The molecule has 1 saturated heterocycles. The summed E-state index contributed by atoms with van der Waals surface area (Å²) in [6.07, 6.45) is 2.26. The molecule has 0 saturated carbocycles. The molecule has 0 aromatic rings. The topological polar surface area (TPSA) is 3.24 Å². The van der Waals surface area contributed by atoms with E-state index in [1.165, 1.54) is 18.0 Å². The van der Waals surface area contributed by atoms with Gasteiger partial charge in [-0.05, 0) is 24.8 Å². The highest BCUT2D eigenvalue weighted by Crippen LogP contribution is 2.03. The monoisotopic (exact) mass is 129 g/mol. The summed E-state index contributed by atoms with van der Waals surface area (Å²) in [6.45, 7) is 2.33. The Morgan fingerprint density at radius 1 is 1.38 bits per heavy atom. The third-order valence-electron chi connectivity index (χ3n) is 1.54. The Balaban J connectivity index is 2.29. The van der Waals surface area contributed by atoms with Crippen LogP contribution in [0.3, 0.4) is 0 Å². The molecule has 46 valence electrons. The summed E-state index contributed by atoms with van der Waals surface area (Å²) in [5.74, 6) is 0. The van der Waals surface area contributed by atoms with E-state index in [1.807, 2.05) is 0 Å². The molecule has 1 heterocycles. The van der Waals surface area contributed by atoms with E-state index < -0.39 is 0 Å². The highest BCUT2D eigenvalue weighted by molar-refractivity contribution is 7.80. The van der Waals surface area contributed by atoms with E-state index in [-0.39, 0.29) is 0 Å². The van der Waals surface area contributed by atoms with Gasteiger partial charge in [0.05, 0.1) is 0 Å². The van der Waals surface area contributed by atoms with Crippen molar-refractivity contribution in [3.05, 3.63) is 0 Å². The average molecular weight is 129 g/mol. The maximum absolute atomic E-state index is 5.03. The minimum atomic E-state index is 1.13. The second-order valence-corrected chi connectivity index (χ2v) is 2.92. The first kappa shape index (κ1) is 6.17. The molecule has 2 heteroatoms. The van der Waals surface area contributed by atoms with E-state index in [4.69, 9.17) is 12.2 Å². The van der Waals surface area contributed by atoms with Crippen molar-refractivity contribution in [3.8, 4) is 0 Å². The zero-order chi connectivity index (χ0) is 5.98. The van der Waals surface area contributed by atoms with Gasteiger partial charge in [0.25, 0.3) is 0 Å². The van der Waals surface area contributed by atoms with Crippen molar-refractivity contribution in [2.45, 2.75) is 12.8 Å². The fourth-order valence-corrected chi connectivity index (χ4v) is 1.05. The Hall–Kier alpha value is 0.0500. The van der Waals surface area contributed by atoms with Crippen molar-refractivity contribution < 1.29 is 0 Å². The fraction of sp³-hybridized carbons (Fsp3) is 0.833. The van der Waals surface area contributed by atoms with Gasteiger partial charge < -0.3 is 4.90 Å². The number of nitrogens with zero attached hydrogens (tertiary/aromatic N) is 1. The van der Waals surface area contributed by atoms with E-state index >= 15 is 0 Å². The second-order valence-electron chi connectivity index (χ2n) is 2.34. The lowest BCUT2D eigenvalue weighted by molar-refractivity contribution is 0.338. The van der Waals surface area contributed by atoms with Crippen LogP contribution in [0.15, 0.2) is 0 Å². The van der Waals surface area contributed by atoms with Gasteiger partial charge in [0, 0.05) is 13.1 Å². The van der Waals surface area contributed by atoms with Crippen LogP contribution in [-0.4, -0.2) is 29.9 Å². The number of rotatable bonds is 0. The SMILES string of the molecule is CN1CCC(=S)CC1. The van der Waals surface area contributed by atoms with Crippen LogP contribution in [0.2, 0.25) is 0 Å². The first-order chi connectivity index (χ1) is 3.79. The van der Waals surface area contributed by atoms with Crippen LogP contribution >= 0.6 is 12.2 Å². The molecule has 0 aromatic carbocycles. The molecule has 0 bridgehead atoms. The van der Waals surface area contributed by atoms with E-state index in [9.17, 15) is 0 Å².